The third kappa shape index (κ3) is 3.56. The minimum Gasteiger partial charge on any atom is -0.383 e. The number of urea groups is 1. The van der Waals surface area contributed by atoms with Crippen molar-refractivity contribution in [1.29, 1.82) is 0 Å². The normalized spacial score (nSPS) is 22.6. The number of alkyl halides is 2. The molecular formula is C12H19F2N3O3. The van der Waals surface area contributed by atoms with Gasteiger partial charge in [-0.15, -0.1) is 0 Å². The zero-order chi connectivity index (χ0) is 14.8. The van der Waals surface area contributed by atoms with Gasteiger partial charge in [0.2, 0.25) is 5.91 Å². The van der Waals surface area contributed by atoms with Gasteiger partial charge in [-0.3, -0.25) is 4.79 Å². The van der Waals surface area contributed by atoms with Crippen molar-refractivity contribution < 1.29 is 23.1 Å². The van der Waals surface area contributed by atoms with Crippen LogP contribution in [-0.2, 0) is 9.53 Å². The van der Waals surface area contributed by atoms with Crippen molar-refractivity contribution in [2.24, 2.45) is 0 Å². The first kappa shape index (κ1) is 15.0. The summed E-state index contributed by atoms with van der Waals surface area (Å²) >= 11 is 0. The second kappa shape index (κ2) is 5.90. The van der Waals surface area contributed by atoms with Gasteiger partial charge in [-0.1, -0.05) is 0 Å². The van der Waals surface area contributed by atoms with Crippen molar-refractivity contribution in [1.82, 2.24) is 15.1 Å². The highest BCUT2D eigenvalue weighted by Crippen LogP contribution is 2.37. The summed E-state index contributed by atoms with van der Waals surface area (Å²) in [6.45, 7) is 1.79. The van der Waals surface area contributed by atoms with Crippen LogP contribution in [-0.4, -0.2) is 73.6 Å². The van der Waals surface area contributed by atoms with Gasteiger partial charge in [0.25, 0.3) is 5.92 Å². The number of amides is 3. The quantitative estimate of drug-likeness (QED) is 0.809. The van der Waals surface area contributed by atoms with E-state index in [1.807, 2.05) is 0 Å². The summed E-state index contributed by atoms with van der Waals surface area (Å²) in [5.74, 6) is -2.81. The smallest absolute Gasteiger partial charge is 0.318 e. The number of carbonyl (C=O) groups excluding carboxylic acids is 2. The molecule has 1 N–H and O–H groups in total. The van der Waals surface area contributed by atoms with Crippen molar-refractivity contribution in [3.63, 3.8) is 0 Å². The van der Waals surface area contributed by atoms with Crippen LogP contribution in [0.15, 0.2) is 0 Å². The standard InChI is InChI=1S/C12H19F2N3O3/c1-20-5-4-16-2-3-17(8-10(16)18)11(19)15-9-6-12(13,14)7-9/h9H,2-8H2,1H3,(H,15,19). The predicted molar refractivity (Wildman–Crippen MR) is 66.5 cm³/mol. The summed E-state index contributed by atoms with van der Waals surface area (Å²) in [4.78, 5) is 26.7. The number of methoxy groups -OCH3 is 1. The summed E-state index contributed by atoms with van der Waals surface area (Å²) < 4.78 is 30.3. The summed E-state index contributed by atoms with van der Waals surface area (Å²) in [7, 11) is 1.56. The van der Waals surface area contributed by atoms with Gasteiger partial charge in [0.15, 0.2) is 0 Å². The Hall–Kier alpha value is -1.44. The number of halogens is 2. The molecule has 1 aliphatic carbocycles. The summed E-state index contributed by atoms with van der Waals surface area (Å²) in [6, 6.07) is -0.927. The molecule has 2 aliphatic rings. The second-order valence-electron chi connectivity index (χ2n) is 5.21. The molecule has 1 aliphatic heterocycles. The van der Waals surface area contributed by atoms with Gasteiger partial charge in [0, 0.05) is 45.6 Å². The molecule has 0 aromatic heterocycles. The number of ether oxygens (including phenoxy) is 1. The highest BCUT2D eigenvalue weighted by molar-refractivity contribution is 5.85. The maximum Gasteiger partial charge on any atom is 0.318 e. The highest BCUT2D eigenvalue weighted by Gasteiger charge is 2.46. The van der Waals surface area contributed by atoms with Crippen molar-refractivity contribution in [2.45, 2.75) is 24.8 Å². The van der Waals surface area contributed by atoms with Crippen LogP contribution < -0.4 is 5.32 Å². The van der Waals surface area contributed by atoms with Gasteiger partial charge < -0.3 is 19.9 Å². The van der Waals surface area contributed by atoms with E-state index in [0.717, 1.165) is 0 Å². The van der Waals surface area contributed by atoms with Crippen molar-refractivity contribution >= 4 is 11.9 Å². The van der Waals surface area contributed by atoms with Crippen molar-refractivity contribution in [3.8, 4) is 0 Å². The number of hydrogen-bond donors (Lipinski definition) is 1. The van der Waals surface area contributed by atoms with E-state index < -0.39 is 18.0 Å². The van der Waals surface area contributed by atoms with E-state index in [2.05, 4.69) is 5.32 Å². The molecule has 1 saturated heterocycles. The fraction of sp³-hybridized carbons (Fsp3) is 0.833. The third-order valence-corrected chi connectivity index (χ3v) is 3.59. The molecule has 3 amide bonds. The molecule has 2 rings (SSSR count). The molecule has 0 spiro atoms. The zero-order valence-corrected chi connectivity index (χ0v) is 11.4. The molecule has 0 unspecified atom stereocenters. The Morgan fingerprint density at radius 1 is 1.45 bits per heavy atom. The number of nitrogens with one attached hydrogen (secondary N) is 1. The molecule has 1 saturated carbocycles. The van der Waals surface area contributed by atoms with Crippen LogP contribution in [0, 0.1) is 0 Å². The molecule has 20 heavy (non-hydrogen) atoms. The fourth-order valence-corrected chi connectivity index (χ4v) is 2.35. The molecule has 114 valence electrons. The molecule has 8 heteroatoms. The van der Waals surface area contributed by atoms with Crippen LogP contribution >= 0.6 is 0 Å². The lowest BCUT2D eigenvalue weighted by Crippen LogP contribution is -2.59. The van der Waals surface area contributed by atoms with Crippen LogP contribution in [0.1, 0.15) is 12.8 Å². The molecule has 2 fully saturated rings. The molecule has 0 aromatic rings. The first-order valence-electron chi connectivity index (χ1n) is 6.61. The first-order chi connectivity index (χ1) is 9.41. The fourth-order valence-electron chi connectivity index (χ4n) is 2.35. The molecule has 0 aromatic carbocycles. The number of rotatable bonds is 4. The predicted octanol–water partition coefficient (Wildman–Crippen LogP) is 0.284. The lowest BCUT2D eigenvalue weighted by Gasteiger charge is -2.38. The van der Waals surface area contributed by atoms with Crippen molar-refractivity contribution in [2.75, 3.05) is 39.9 Å². The molecular weight excluding hydrogens is 272 g/mol. The van der Waals surface area contributed by atoms with E-state index >= 15 is 0 Å². The van der Waals surface area contributed by atoms with E-state index in [1.54, 1.807) is 12.0 Å². The van der Waals surface area contributed by atoms with E-state index in [0.29, 0.717) is 26.2 Å². The Bertz CT molecular complexity index is 384. The van der Waals surface area contributed by atoms with E-state index in [9.17, 15) is 18.4 Å². The molecule has 0 radical (unpaired) electrons. The van der Waals surface area contributed by atoms with Crippen LogP contribution in [0.2, 0.25) is 0 Å². The molecule has 0 atom stereocenters. The molecule has 0 bridgehead atoms. The number of carbonyl (C=O) groups is 2. The van der Waals surface area contributed by atoms with Crippen molar-refractivity contribution in [3.05, 3.63) is 0 Å². The lowest BCUT2D eigenvalue weighted by molar-refractivity contribution is -0.135. The van der Waals surface area contributed by atoms with Gasteiger partial charge >= 0.3 is 6.03 Å². The van der Waals surface area contributed by atoms with Crippen LogP contribution in [0.25, 0.3) is 0 Å². The second-order valence-corrected chi connectivity index (χ2v) is 5.21. The Balaban J connectivity index is 1.75. The topological polar surface area (TPSA) is 61.9 Å². The monoisotopic (exact) mass is 291 g/mol. The Labute approximate surface area is 116 Å². The average Bonchev–Trinajstić information content (AvgIpc) is 2.35. The summed E-state index contributed by atoms with van der Waals surface area (Å²) in [6.07, 6.45) is -0.638. The molecule has 6 nitrogen and oxygen atoms in total. The first-order valence-corrected chi connectivity index (χ1v) is 6.61. The van der Waals surface area contributed by atoms with Crippen LogP contribution in [0.4, 0.5) is 13.6 Å². The Kier molecular flexibility index (Phi) is 4.42. The van der Waals surface area contributed by atoms with E-state index in [1.165, 1.54) is 4.90 Å². The minimum atomic E-state index is -2.66. The largest absolute Gasteiger partial charge is 0.383 e. The Morgan fingerprint density at radius 3 is 2.70 bits per heavy atom. The lowest BCUT2D eigenvalue weighted by atomic mass is 9.88. The van der Waals surface area contributed by atoms with Gasteiger partial charge in [-0.25, -0.2) is 13.6 Å². The summed E-state index contributed by atoms with van der Waals surface area (Å²) in [5.41, 5.74) is 0. The van der Waals surface area contributed by atoms with Gasteiger partial charge in [-0.05, 0) is 0 Å². The SMILES string of the molecule is COCCN1CCN(C(=O)NC2CC(F)(F)C2)CC1=O. The van der Waals surface area contributed by atoms with Crippen LogP contribution in [0.3, 0.4) is 0 Å². The average molecular weight is 291 g/mol. The maximum atomic E-state index is 12.7. The van der Waals surface area contributed by atoms with Gasteiger partial charge in [-0.2, -0.15) is 0 Å². The summed E-state index contributed by atoms with van der Waals surface area (Å²) in [5, 5.41) is 2.53. The number of piperazine rings is 1. The Morgan fingerprint density at radius 2 is 2.15 bits per heavy atom. The van der Waals surface area contributed by atoms with Crippen LogP contribution in [0.5, 0.6) is 0 Å². The maximum absolute atomic E-state index is 12.7. The minimum absolute atomic E-state index is 0.0152. The third-order valence-electron chi connectivity index (χ3n) is 3.59. The zero-order valence-electron chi connectivity index (χ0n) is 11.4. The van der Waals surface area contributed by atoms with E-state index in [-0.39, 0.29) is 25.3 Å². The van der Waals surface area contributed by atoms with Gasteiger partial charge in [0.05, 0.1) is 6.61 Å². The van der Waals surface area contributed by atoms with E-state index in [4.69, 9.17) is 4.74 Å². The van der Waals surface area contributed by atoms with Gasteiger partial charge in [0.1, 0.15) is 6.54 Å². The number of nitrogens with zero attached hydrogens (tertiary/aromatic N) is 2. The molecule has 1 heterocycles. The highest BCUT2D eigenvalue weighted by atomic mass is 19.3. The number of hydrogen-bond acceptors (Lipinski definition) is 3.